The second-order valence-electron chi connectivity index (χ2n) is 17.0. The van der Waals surface area contributed by atoms with Crippen molar-refractivity contribution in [3.8, 4) is 0 Å². The van der Waals surface area contributed by atoms with Gasteiger partial charge in [0.1, 0.15) is 30.1 Å². The van der Waals surface area contributed by atoms with Crippen LogP contribution in [-0.4, -0.2) is 121 Å². The predicted octanol–water partition coefficient (Wildman–Crippen LogP) is 4.68. The highest BCUT2D eigenvalue weighted by Crippen LogP contribution is 2.39. The summed E-state index contributed by atoms with van der Waals surface area (Å²) < 4.78 is 29.6. The minimum atomic E-state index is -2.51. The summed E-state index contributed by atoms with van der Waals surface area (Å²) in [5, 5.41) is 23.6. The summed E-state index contributed by atoms with van der Waals surface area (Å²) in [6.45, 7) is 11.2. The normalized spacial score (nSPS) is 39.3. The number of cyclic esters (lactones) is 1. The number of esters is 1. The molecule has 0 aromatic rings. The van der Waals surface area contributed by atoms with Crippen molar-refractivity contribution in [3.05, 3.63) is 23.3 Å². The zero-order valence-electron chi connectivity index (χ0n) is 35.0. The van der Waals surface area contributed by atoms with E-state index in [1.807, 2.05) is 32.9 Å². The lowest BCUT2D eigenvalue weighted by atomic mass is 9.82. The molecule has 3 heterocycles. The van der Waals surface area contributed by atoms with Gasteiger partial charge in [0.05, 0.1) is 18.3 Å². The number of hydrogen-bond acceptors (Lipinski definition) is 12. The van der Waals surface area contributed by atoms with Gasteiger partial charge < -0.3 is 38.8 Å². The van der Waals surface area contributed by atoms with Crippen LogP contribution in [0.25, 0.3) is 0 Å². The molecule has 0 aromatic carbocycles. The molecule has 56 heavy (non-hydrogen) atoms. The van der Waals surface area contributed by atoms with Crippen molar-refractivity contribution in [1.29, 1.82) is 0 Å². The molecule has 2 saturated heterocycles. The molecule has 316 valence electrons. The Labute approximate surface area is 332 Å². The number of methoxy groups -OCH3 is 3. The Hall–Kier alpha value is -2.81. The number of ether oxygens (including phenoxy) is 5. The number of carbonyl (C=O) groups is 5. The smallest absolute Gasteiger partial charge is 0.329 e. The van der Waals surface area contributed by atoms with Crippen molar-refractivity contribution in [2.75, 3.05) is 27.9 Å². The van der Waals surface area contributed by atoms with E-state index in [1.54, 1.807) is 20.8 Å². The Morgan fingerprint density at radius 1 is 0.946 bits per heavy atom. The van der Waals surface area contributed by atoms with Crippen LogP contribution < -0.4 is 0 Å². The molecule has 13 nitrogen and oxygen atoms in total. The average molecular weight is 790 g/mol. The first-order valence-corrected chi connectivity index (χ1v) is 20.6. The van der Waals surface area contributed by atoms with Crippen LogP contribution in [0.3, 0.4) is 0 Å². The molecule has 4 rings (SSSR count). The first kappa shape index (κ1) is 45.9. The molecule has 0 unspecified atom stereocenters. The molecule has 0 aromatic heterocycles. The first-order valence-electron chi connectivity index (χ1n) is 20.6. The number of allylic oxidation sites excluding steroid dienone is 3. The fourth-order valence-electron chi connectivity index (χ4n) is 9.23. The van der Waals surface area contributed by atoms with Crippen molar-refractivity contribution in [2.45, 2.75) is 161 Å². The molecular weight excluding hydrogens is 722 g/mol. The third-order valence-electron chi connectivity index (χ3n) is 12.7. The van der Waals surface area contributed by atoms with Crippen LogP contribution in [-0.2, 0) is 47.7 Å². The van der Waals surface area contributed by atoms with Gasteiger partial charge in [-0.1, -0.05) is 45.4 Å². The van der Waals surface area contributed by atoms with Crippen LogP contribution in [0.4, 0.5) is 0 Å². The van der Waals surface area contributed by atoms with Gasteiger partial charge in [-0.3, -0.25) is 19.2 Å². The lowest BCUT2D eigenvalue weighted by Crippen LogP contribution is -2.64. The van der Waals surface area contributed by atoms with Crippen LogP contribution in [0.15, 0.2) is 23.3 Å². The van der Waals surface area contributed by atoms with E-state index in [-0.39, 0.29) is 49.2 Å². The fraction of sp³-hybridized carbons (Fsp3) is 0.791. The van der Waals surface area contributed by atoms with Crippen LogP contribution >= 0.6 is 0 Å². The Morgan fingerprint density at radius 3 is 2.27 bits per heavy atom. The number of Topliss-reactive ketones (excluding diaryl/α,β-unsaturated/α-hetero) is 3. The number of fused-ring (bicyclic) bond motifs is 3. The maximum absolute atomic E-state index is 14.3. The number of aliphatic hydroxyl groups excluding tert-OH is 1. The van der Waals surface area contributed by atoms with Gasteiger partial charge in [-0.25, -0.2) is 4.79 Å². The van der Waals surface area contributed by atoms with Crippen LogP contribution in [0, 0.1) is 29.6 Å². The van der Waals surface area contributed by atoms with Crippen molar-refractivity contribution in [1.82, 2.24) is 4.90 Å². The molecule has 13 heteroatoms. The van der Waals surface area contributed by atoms with Crippen molar-refractivity contribution in [2.24, 2.45) is 29.6 Å². The first-order chi connectivity index (χ1) is 26.5. The molecule has 0 spiro atoms. The monoisotopic (exact) mass is 789 g/mol. The standard InChI is InChI=1S/C43H67NO12/c1-10-30-18-24(2)17-25(3)19-36(53-8)39-37(54-9)21-27(5)43(51,56-39)40(48)41(49)44-16-12-11-13-31(44)42(50)55-38(28(6)33(46)23-34(30)47)26(4)20-29-14-15-32(45)35(22-29)52-7/h18,20,25,27-31,33,35-39,46,51H,10-17,19,21-23H2,1-9H3/t25-,27+,28+,29-,30+,31-,33-,35+,36-,37-,38+,39+,43+/m0/s1. The van der Waals surface area contributed by atoms with E-state index in [0.29, 0.717) is 56.9 Å². The Bertz CT molecular complexity index is 1480. The number of piperidine rings is 1. The van der Waals surface area contributed by atoms with Crippen molar-refractivity contribution in [3.63, 3.8) is 0 Å². The van der Waals surface area contributed by atoms with E-state index in [4.69, 9.17) is 23.7 Å². The van der Waals surface area contributed by atoms with Gasteiger partial charge in [0.15, 0.2) is 5.78 Å². The van der Waals surface area contributed by atoms with Gasteiger partial charge >= 0.3 is 5.97 Å². The summed E-state index contributed by atoms with van der Waals surface area (Å²) in [6.07, 6.45) is 3.56. The molecule has 1 saturated carbocycles. The Kier molecular flexibility index (Phi) is 16.6. The number of rotatable bonds is 6. The molecular formula is C43H67NO12. The molecule has 2 bridgehead atoms. The summed E-state index contributed by atoms with van der Waals surface area (Å²) in [7, 11) is 4.56. The molecule has 4 aliphatic rings. The SMILES string of the molecule is CC[C@@H]1C=C(C)C[C@H](C)C[C@H](OC)[C@H]2O[C@@](O)(C(=O)C(=O)N3CCCC[C@H]3C(=O)O[C@H](C(C)=C[C@@H]3CCC(=O)[C@H](OC)C3)[C@H](C)[C@@H](O)CC1=O)[C@H](C)C[C@@H]2OC. The second kappa shape index (κ2) is 20.2. The number of ketones is 3. The maximum atomic E-state index is 14.3. The quantitative estimate of drug-likeness (QED) is 0.216. The predicted molar refractivity (Wildman–Crippen MR) is 207 cm³/mol. The molecule has 2 N–H and O–H groups in total. The summed E-state index contributed by atoms with van der Waals surface area (Å²) in [4.78, 5) is 70.0. The summed E-state index contributed by atoms with van der Waals surface area (Å²) in [5.74, 6) is -7.60. The van der Waals surface area contributed by atoms with E-state index in [0.717, 1.165) is 5.57 Å². The number of hydrogen-bond donors (Lipinski definition) is 2. The maximum Gasteiger partial charge on any atom is 0.329 e. The third-order valence-corrected chi connectivity index (χ3v) is 12.7. The molecule has 0 radical (unpaired) electrons. The number of carbonyl (C=O) groups excluding carboxylic acids is 5. The van der Waals surface area contributed by atoms with Gasteiger partial charge in [-0.15, -0.1) is 0 Å². The Balaban J connectivity index is 1.77. The number of nitrogens with zero attached hydrogens (tertiary/aromatic N) is 1. The Morgan fingerprint density at radius 2 is 1.62 bits per heavy atom. The van der Waals surface area contributed by atoms with Gasteiger partial charge in [-0.05, 0) is 89.0 Å². The minimum absolute atomic E-state index is 0.0312. The van der Waals surface area contributed by atoms with E-state index in [9.17, 15) is 34.2 Å². The molecule has 3 fully saturated rings. The topological polar surface area (TPSA) is 175 Å². The fourth-order valence-corrected chi connectivity index (χ4v) is 9.23. The van der Waals surface area contributed by atoms with Gasteiger partial charge in [0, 0.05) is 58.5 Å². The van der Waals surface area contributed by atoms with E-state index < -0.39 is 83.9 Å². The largest absolute Gasteiger partial charge is 0.456 e. The van der Waals surface area contributed by atoms with Gasteiger partial charge in [0.2, 0.25) is 5.79 Å². The average Bonchev–Trinajstić information content (AvgIpc) is 3.18. The van der Waals surface area contributed by atoms with Crippen LogP contribution in [0.5, 0.6) is 0 Å². The van der Waals surface area contributed by atoms with Crippen molar-refractivity contribution >= 4 is 29.2 Å². The number of aliphatic hydroxyl groups is 2. The molecule has 13 atom stereocenters. The summed E-state index contributed by atoms with van der Waals surface area (Å²) >= 11 is 0. The van der Waals surface area contributed by atoms with Gasteiger partial charge in [-0.2, -0.15) is 0 Å². The number of amides is 1. The zero-order valence-corrected chi connectivity index (χ0v) is 35.0. The molecule has 1 amide bonds. The lowest BCUT2D eigenvalue weighted by molar-refractivity contribution is -0.302. The van der Waals surface area contributed by atoms with Gasteiger partial charge in [0.25, 0.3) is 11.7 Å². The summed E-state index contributed by atoms with van der Waals surface area (Å²) in [6, 6.07) is -1.14. The van der Waals surface area contributed by atoms with E-state index >= 15 is 0 Å². The second-order valence-corrected chi connectivity index (χ2v) is 17.0. The van der Waals surface area contributed by atoms with E-state index in [1.165, 1.54) is 26.2 Å². The summed E-state index contributed by atoms with van der Waals surface area (Å²) in [5.41, 5.74) is 1.62. The van der Waals surface area contributed by atoms with Crippen LogP contribution in [0.1, 0.15) is 112 Å². The highest BCUT2D eigenvalue weighted by molar-refractivity contribution is 6.39. The van der Waals surface area contributed by atoms with E-state index in [2.05, 4.69) is 0 Å². The minimum Gasteiger partial charge on any atom is -0.456 e. The van der Waals surface area contributed by atoms with Crippen molar-refractivity contribution < 1.29 is 57.9 Å². The lowest BCUT2D eigenvalue weighted by Gasteiger charge is -2.47. The highest BCUT2D eigenvalue weighted by atomic mass is 16.7. The molecule has 1 aliphatic carbocycles. The third kappa shape index (κ3) is 10.6. The van der Waals surface area contributed by atoms with Crippen LogP contribution in [0.2, 0.25) is 0 Å². The zero-order chi connectivity index (χ0) is 41.5. The highest BCUT2D eigenvalue weighted by Gasteiger charge is 2.56. The molecule has 3 aliphatic heterocycles.